The van der Waals surface area contributed by atoms with Gasteiger partial charge in [-0.15, -0.1) is 11.3 Å². The fourth-order valence-corrected chi connectivity index (χ4v) is 2.27. The first kappa shape index (κ1) is 9.47. The van der Waals surface area contributed by atoms with Crippen molar-refractivity contribution in [3.63, 3.8) is 0 Å². The van der Waals surface area contributed by atoms with Crippen molar-refractivity contribution < 1.29 is 0 Å². The van der Waals surface area contributed by atoms with Crippen molar-refractivity contribution in [2.45, 2.75) is 20.3 Å². The fourth-order valence-electron chi connectivity index (χ4n) is 1.53. The maximum atomic E-state index is 2.29. The predicted octanol–water partition coefficient (Wildman–Crippen LogP) is 3.96. The lowest BCUT2D eigenvalue weighted by Gasteiger charge is -2.03. The monoisotopic (exact) mass is 202 g/mol. The molecule has 0 radical (unpaired) electrons. The maximum Gasteiger partial charge on any atom is 0.00890 e. The molecule has 0 N–H and O–H groups in total. The van der Waals surface area contributed by atoms with E-state index in [9.17, 15) is 0 Å². The van der Waals surface area contributed by atoms with E-state index in [4.69, 9.17) is 0 Å². The molecule has 2 rings (SSSR count). The van der Waals surface area contributed by atoms with Gasteiger partial charge in [0.15, 0.2) is 0 Å². The molecule has 0 spiro atoms. The highest BCUT2D eigenvalue weighted by Gasteiger charge is 1.98. The fraction of sp³-hybridized carbons (Fsp3) is 0.231. The highest BCUT2D eigenvalue weighted by atomic mass is 32.1. The average Bonchev–Trinajstić information content (AvgIpc) is 2.64. The molecule has 0 saturated carbocycles. The zero-order valence-electron chi connectivity index (χ0n) is 8.58. The minimum atomic E-state index is 1.07. The lowest BCUT2D eigenvalue weighted by molar-refractivity contribution is 1.20. The van der Waals surface area contributed by atoms with Crippen LogP contribution in [-0.2, 0) is 6.42 Å². The average molecular weight is 202 g/mol. The van der Waals surface area contributed by atoms with Crippen molar-refractivity contribution in [2.24, 2.45) is 0 Å². The van der Waals surface area contributed by atoms with Crippen LogP contribution < -0.4 is 0 Å². The van der Waals surface area contributed by atoms with Crippen LogP contribution in [0.15, 0.2) is 35.7 Å². The molecule has 0 nitrogen and oxygen atoms in total. The molecule has 72 valence electrons. The normalized spacial score (nSPS) is 10.4. The van der Waals surface area contributed by atoms with Gasteiger partial charge < -0.3 is 0 Å². The summed E-state index contributed by atoms with van der Waals surface area (Å²) in [6, 6.07) is 11.0. The number of benzene rings is 1. The Bertz CT molecular complexity index is 413. The zero-order chi connectivity index (χ0) is 9.97. The summed E-state index contributed by atoms with van der Waals surface area (Å²) in [5, 5.41) is 2.14. The third-order valence-electron chi connectivity index (χ3n) is 2.53. The molecule has 0 saturated heterocycles. The van der Waals surface area contributed by atoms with E-state index in [1.54, 1.807) is 0 Å². The molecule has 1 heterocycles. The second-order valence-corrected chi connectivity index (χ2v) is 4.71. The Balaban J connectivity index is 2.22. The summed E-state index contributed by atoms with van der Waals surface area (Å²) in [6.07, 6.45) is 1.07. The summed E-state index contributed by atoms with van der Waals surface area (Å²) in [7, 11) is 0. The number of hydrogen-bond donors (Lipinski definition) is 0. The van der Waals surface area contributed by atoms with E-state index in [0.29, 0.717) is 0 Å². The van der Waals surface area contributed by atoms with Crippen LogP contribution in [0.3, 0.4) is 0 Å². The number of rotatable bonds is 2. The third-order valence-corrected chi connectivity index (χ3v) is 3.41. The summed E-state index contributed by atoms with van der Waals surface area (Å²) in [4.78, 5) is 1.44. The second kappa shape index (κ2) is 3.97. The molecule has 0 aliphatic carbocycles. The van der Waals surface area contributed by atoms with Crippen LogP contribution in [0.5, 0.6) is 0 Å². The van der Waals surface area contributed by atoms with Crippen LogP contribution in [0.2, 0.25) is 0 Å². The van der Waals surface area contributed by atoms with Gasteiger partial charge in [-0.2, -0.15) is 0 Å². The number of thiophene rings is 1. The second-order valence-electron chi connectivity index (χ2n) is 3.67. The van der Waals surface area contributed by atoms with Gasteiger partial charge in [0.2, 0.25) is 0 Å². The van der Waals surface area contributed by atoms with E-state index in [0.717, 1.165) is 6.42 Å². The van der Waals surface area contributed by atoms with Gasteiger partial charge >= 0.3 is 0 Å². The molecule has 14 heavy (non-hydrogen) atoms. The van der Waals surface area contributed by atoms with Gasteiger partial charge in [-0.05, 0) is 42.0 Å². The molecule has 0 bridgehead atoms. The van der Waals surface area contributed by atoms with E-state index in [-0.39, 0.29) is 0 Å². The van der Waals surface area contributed by atoms with Crippen molar-refractivity contribution in [1.82, 2.24) is 0 Å². The van der Waals surface area contributed by atoms with E-state index in [2.05, 4.69) is 49.6 Å². The Hall–Kier alpha value is -1.08. The van der Waals surface area contributed by atoms with Crippen molar-refractivity contribution in [1.29, 1.82) is 0 Å². The van der Waals surface area contributed by atoms with Crippen molar-refractivity contribution >= 4 is 11.3 Å². The first-order chi connectivity index (χ1) is 6.75. The van der Waals surface area contributed by atoms with E-state index in [1.807, 2.05) is 11.3 Å². The van der Waals surface area contributed by atoms with Gasteiger partial charge in [-0.3, -0.25) is 0 Å². The quantitative estimate of drug-likeness (QED) is 0.691. The van der Waals surface area contributed by atoms with Crippen LogP contribution in [0.1, 0.15) is 21.6 Å². The lowest BCUT2D eigenvalue weighted by atomic mass is 10.0. The third kappa shape index (κ3) is 2.05. The van der Waals surface area contributed by atoms with Crippen molar-refractivity contribution in [2.75, 3.05) is 0 Å². The molecule has 0 atom stereocenters. The molecule has 0 aliphatic rings. The van der Waals surface area contributed by atoms with Crippen LogP contribution in [0.4, 0.5) is 0 Å². The smallest absolute Gasteiger partial charge is 0.00890 e. The molecule has 0 aliphatic heterocycles. The van der Waals surface area contributed by atoms with E-state index < -0.39 is 0 Å². The summed E-state index contributed by atoms with van der Waals surface area (Å²) in [6.45, 7) is 4.33. The molecule has 0 unspecified atom stereocenters. The first-order valence-corrected chi connectivity index (χ1v) is 5.72. The van der Waals surface area contributed by atoms with Gasteiger partial charge in [0.05, 0.1) is 0 Å². The number of aryl methyl sites for hydroxylation is 2. The Morgan fingerprint density at radius 3 is 2.57 bits per heavy atom. The van der Waals surface area contributed by atoms with Gasteiger partial charge in [0.25, 0.3) is 0 Å². The molecule has 0 amide bonds. The summed E-state index contributed by atoms with van der Waals surface area (Å²) in [5.74, 6) is 0. The molecule has 0 fully saturated rings. The highest BCUT2D eigenvalue weighted by molar-refractivity contribution is 7.09. The van der Waals surface area contributed by atoms with Crippen molar-refractivity contribution in [3.8, 4) is 0 Å². The van der Waals surface area contributed by atoms with Crippen LogP contribution in [0, 0.1) is 13.8 Å². The maximum absolute atomic E-state index is 2.29. The Kier molecular flexibility index (Phi) is 2.69. The van der Waals surface area contributed by atoms with Gasteiger partial charge in [0, 0.05) is 11.3 Å². The zero-order valence-corrected chi connectivity index (χ0v) is 9.40. The van der Waals surface area contributed by atoms with Gasteiger partial charge in [-0.25, -0.2) is 0 Å². The lowest BCUT2D eigenvalue weighted by Crippen LogP contribution is -1.87. The van der Waals surface area contributed by atoms with Crippen LogP contribution in [0.25, 0.3) is 0 Å². The SMILES string of the molecule is Cc1ccc(Cc2cccs2)cc1C. The first-order valence-electron chi connectivity index (χ1n) is 4.84. The summed E-state index contributed by atoms with van der Waals surface area (Å²) < 4.78 is 0. The molecule has 1 aromatic carbocycles. The summed E-state index contributed by atoms with van der Waals surface area (Å²) in [5.41, 5.74) is 4.18. The minimum Gasteiger partial charge on any atom is -0.149 e. The molecular formula is C13H14S. The number of hydrogen-bond acceptors (Lipinski definition) is 1. The Labute approximate surface area is 89.2 Å². The molecule has 2 aromatic rings. The Morgan fingerprint density at radius 2 is 1.93 bits per heavy atom. The van der Waals surface area contributed by atoms with Crippen molar-refractivity contribution in [3.05, 3.63) is 57.3 Å². The van der Waals surface area contributed by atoms with Gasteiger partial charge in [-0.1, -0.05) is 24.3 Å². The highest BCUT2D eigenvalue weighted by Crippen LogP contribution is 2.17. The van der Waals surface area contributed by atoms with E-state index in [1.165, 1.54) is 21.6 Å². The predicted molar refractivity (Wildman–Crippen MR) is 63.0 cm³/mol. The standard InChI is InChI=1S/C13H14S/c1-10-5-6-12(8-11(10)2)9-13-4-3-7-14-13/h3-8H,9H2,1-2H3. The minimum absolute atomic E-state index is 1.07. The van der Waals surface area contributed by atoms with Gasteiger partial charge in [0.1, 0.15) is 0 Å². The van der Waals surface area contributed by atoms with Crippen LogP contribution >= 0.6 is 11.3 Å². The van der Waals surface area contributed by atoms with E-state index >= 15 is 0 Å². The molecule has 1 aromatic heterocycles. The van der Waals surface area contributed by atoms with Crippen LogP contribution in [-0.4, -0.2) is 0 Å². The molecule has 1 heteroatoms. The molecular weight excluding hydrogens is 188 g/mol. The largest absolute Gasteiger partial charge is 0.149 e. The Morgan fingerprint density at radius 1 is 1.07 bits per heavy atom. The topological polar surface area (TPSA) is 0 Å². The summed E-state index contributed by atoms with van der Waals surface area (Å²) >= 11 is 1.83.